The summed E-state index contributed by atoms with van der Waals surface area (Å²) in [7, 11) is 3.98. The highest BCUT2D eigenvalue weighted by Crippen LogP contribution is 2.41. The molecule has 0 bridgehead atoms. The van der Waals surface area contributed by atoms with Gasteiger partial charge in [-0.1, -0.05) is 12.1 Å². The van der Waals surface area contributed by atoms with E-state index < -0.39 is 0 Å². The van der Waals surface area contributed by atoms with Crippen molar-refractivity contribution in [3.8, 4) is 11.5 Å². The number of furan rings is 1. The van der Waals surface area contributed by atoms with Crippen LogP contribution in [0.2, 0.25) is 0 Å². The summed E-state index contributed by atoms with van der Waals surface area (Å²) in [6.07, 6.45) is 1.03. The van der Waals surface area contributed by atoms with Crippen LogP contribution in [0.5, 0.6) is 11.5 Å². The number of nitrogens with zero attached hydrogens (tertiary/aromatic N) is 1. The largest absolute Gasteiger partial charge is 0.504 e. The van der Waals surface area contributed by atoms with Crippen LogP contribution in [0.25, 0.3) is 11.0 Å². The molecule has 5 nitrogen and oxygen atoms in total. The van der Waals surface area contributed by atoms with Crippen LogP contribution >= 0.6 is 0 Å². The van der Waals surface area contributed by atoms with Crippen LogP contribution in [0.3, 0.4) is 0 Å². The molecule has 0 saturated heterocycles. The Labute approximate surface area is 145 Å². The first-order valence-electron chi connectivity index (χ1n) is 8.22. The van der Waals surface area contributed by atoms with E-state index in [0.29, 0.717) is 35.1 Å². The van der Waals surface area contributed by atoms with E-state index in [9.17, 15) is 15.0 Å². The van der Waals surface area contributed by atoms with Gasteiger partial charge in [0.15, 0.2) is 17.3 Å². The second-order valence-corrected chi connectivity index (χ2v) is 6.75. The van der Waals surface area contributed by atoms with Crippen LogP contribution in [0.15, 0.2) is 40.8 Å². The molecule has 25 heavy (non-hydrogen) atoms. The Morgan fingerprint density at radius 3 is 2.40 bits per heavy atom. The predicted octanol–water partition coefficient (Wildman–Crippen LogP) is 3.82. The molecule has 1 unspecified atom stereocenters. The Kier molecular flexibility index (Phi) is 3.46. The van der Waals surface area contributed by atoms with Crippen molar-refractivity contribution in [3.63, 3.8) is 0 Å². The molecule has 0 spiro atoms. The van der Waals surface area contributed by atoms with Crippen molar-refractivity contribution < 1.29 is 19.4 Å². The van der Waals surface area contributed by atoms with Crippen LogP contribution in [0.1, 0.15) is 34.0 Å². The first-order valence-corrected chi connectivity index (χ1v) is 8.22. The number of benzene rings is 2. The molecule has 4 rings (SSSR count). The minimum Gasteiger partial charge on any atom is -0.504 e. The summed E-state index contributed by atoms with van der Waals surface area (Å²) in [5, 5.41) is 19.9. The van der Waals surface area contributed by atoms with Crippen LogP contribution in [0, 0.1) is 0 Å². The number of Topliss-reactive ketones (excluding diaryl/α,β-unsaturated/α-hetero) is 1. The Morgan fingerprint density at radius 1 is 1.04 bits per heavy atom. The molecule has 128 valence electrons. The smallest absolute Gasteiger partial charge is 0.167 e. The second-order valence-electron chi connectivity index (χ2n) is 6.75. The van der Waals surface area contributed by atoms with Gasteiger partial charge >= 0.3 is 0 Å². The molecule has 2 aromatic carbocycles. The fraction of sp³-hybridized carbons (Fsp3) is 0.250. The number of fused-ring (bicyclic) bond motifs is 3. The van der Waals surface area contributed by atoms with E-state index >= 15 is 0 Å². The van der Waals surface area contributed by atoms with E-state index in [1.807, 2.05) is 31.1 Å². The van der Waals surface area contributed by atoms with Crippen LogP contribution in [-0.2, 0) is 6.42 Å². The topological polar surface area (TPSA) is 73.9 Å². The third-order valence-corrected chi connectivity index (χ3v) is 4.88. The van der Waals surface area contributed by atoms with Crippen molar-refractivity contribution in [2.24, 2.45) is 0 Å². The molecule has 0 saturated carbocycles. The predicted molar refractivity (Wildman–Crippen MR) is 95.7 cm³/mol. The second kappa shape index (κ2) is 5.55. The Bertz CT molecular complexity index is 970. The number of ketones is 1. The SMILES string of the molecule is CN(C)c1ccc(C2CC(=O)c3c(oc4cc(O)c(O)cc34)C2)cc1. The molecule has 2 N–H and O–H groups in total. The Hall–Kier alpha value is -2.95. The summed E-state index contributed by atoms with van der Waals surface area (Å²) in [5.74, 6) is 0.204. The molecule has 1 aliphatic carbocycles. The zero-order chi connectivity index (χ0) is 17.7. The van der Waals surface area contributed by atoms with Gasteiger partial charge < -0.3 is 19.5 Å². The standard InChI is InChI=1S/C20H19NO4/c1-21(2)13-5-3-11(4-6-13)12-7-17(24)20-14-9-15(22)16(23)10-18(14)25-19(20)8-12/h3-6,9-10,12,22-23H,7-8H2,1-2H3. The molecule has 5 heteroatoms. The number of carbonyl (C=O) groups excluding carboxylic acids is 1. The molecule has 0 fully saturated rings. The number of rotatable bonds is 2. The van der Waals surface area contributed by atoms with Crippen LogP contribution in [-0.4, -0.2) is 30.1 Å². The summed E-state index contributed by atoms with van der Waals surface area (Å²) >= 11 is 0. The molecule has 3 aromatic rings. The molecule has 1 aromatic heterocycles. The highest BCUT2D eigenvalue weighted by Gasteiger charge is 2.31. The van der Waals surface area contributed by atoms with Gasteiger partial charge in [0.1, 0.15) is 11.3 Å². The number of anilines is 1. The summed E-state index contributed by atoms with van der Waals surface area (Å²) in [4.78, 5) is 14.7. The maximum absolute atomic E-state index is 12.7. The lowest BCUT2D eigenvalue weighted by atomic mass is 9.82. The molecule has 1 aliphatic rings. The molecule has 0 radical (unpaired) electrons. The van der Waals surface area contributed by atoms with E-state index in [2.05, 4.69) is 12.1 Å². The fourth-order valence-corrected chi connectivity index (χ4v) is 3.52. The molecular formula is C20H19NO4. The minimum atomic E-state index is -0.248. The van der Waals surface area contributed by atoms with Gasteiger partial charge in [-0.25, -0.2) is 0 Å². The van der Waals surface area contributed by atoms with Gasteiger partial charge in [-0.15, -0.1) is 0 Å². The van der Waals surface area contributed by atoms with Gasteiger partial charge in [-0.3, -0.25) is 4.79 Å². The molecular weight excluding hydrogens is 318 g/mol. The van der Waals surface area contributed by atoms with Gasteiger partial charge in [0.05, 0.1) is 5.56 Å². The normalized spacial score (nSPS) is 16.9. The van der Waals surface area contributed by atoms with Gasteiger partial charge in [0.2, 0.25) is 0 Å². The maximum Gasteiger partial charge on any atom is 0.167 e. The number of phenols is 2. The van der Waals surface area contributed by atoms with Gasteiger partial charge in [0.25, 0.3) is 0 Å². The number of aromatic hydroxyl groups is 2. The van der Waals surface area contributed by atoms with Crippen molar-refractivity contribution in [3.05, 3.63) is 53.3 Å². The lowest BCUT2D eigenvalue weighted by Gasteiger charge is -2.21. The quantitative estimate of drug-likeness (QED) is 0.695. The van der Waals surface area contributed by atoms with E-state index in [0.717, 1.165) is 11.3 Å². The van der Waals surface area contributed by atoms with E-state index in [1.54, 1.807) is 0 Å². The van der Waals surface area contributed by atoms with Crippen molar-refractivity contribution in [1.29, 1.82) is 0 Å². The minimum absolute atomic E-state index is 0.00627. The van der Waals surface area contributed by atoms with Gasteiger partial charge in [-0.05, 0) is 29.7 Å². The van der Waals surface area contributed by atoms with Crippen molar-refractivity contribution in [2.45, 2.75) is 18.8 Å². The van der Waals surface area contributed by atoms with E-state index in [4.69, 9.17) is 4.42 Å². The summed E-state index contributed by atoms with van der Waals surface area (Å²) in [6.45, 7) is 0. The highest BCUT2D eigenvalue weighted by molar-refractivity contribution is 6.10. The lowest BCUT2D eigenvalue weighted by molar-refractivity contribution is 0.0962. The first kappa shape index (κ1) is 15.6. The van der Waals surface area contributed by atoms with Gasteiger partial charge in [0, 0.05) is 44.1 Å². The summed E-state index contributed by atoms with van der Waals surface area (Å²) < 4.78 is 5.81. The monoisotopic (exact) mass is 337 g/mol. The molecule has 0 aliphatic heterocycles. The molecule has 1 heterocycles. The molecule has 0 amide bonds. The van der Waals surface area contributed by atoms with Crippen LogP contribution < -0.4 is 4.90 Å². The van der Waals surface area contributed by atoms with Crippen LogP contribution in [0.4, 0.5) is 5.69 Å². The summed E-state index contributed by atoms with van der Waals surface area (Å²) in [6, 6.07) is 11.0. The number of hydrogen-bond acceptors (Lipinski definition) is 5. The van der Waals surface area contributed by atoms with Crippen molar-refractivity contribution >= 4 is 22.4 Å². The number of hydrogen-bond donors (Lipinski definition) is 2. The van der Waals surface area contributed by atoms with E-state index in [1.165, 1.54) is 12.1 Å². The highest BCUT2D eigenvalue weighted by atomic mass is 16.3. The number of phenolic OH excluding ortho intramolecular Hbond substituents is 2. The van der Waals surface area contributed by atoms with Crippen molar-refractivity contribution in [1.82, 2.24) is 0 Å². The van der Waals surface area contributed by atoms with E-state index in [-0.39, 0.29) is 23.2 Å². The average Bonchev–Trinajstić information content (AvgIpc) is 2.93. The average molecular weight is 337 g/mol. The third-order valence-electron chi connectivity index (χ3n) is 4.88. The summed E-state index contributed by atoms with van der Waals surface area (Å²) in [5.41, 5.74) is 3.18. The lowest BCUT2D eigenvalue weighted by Crippen LogP contribution is -2.17. The number of carbonyl (C=O) groups is 1. The Morgan fingerprint density at radius 2 is 1.72 bits per heavy atom. The zero-order valence-electron chi connectivity index (χ0n) is 14.1. The first-order chi connectivity index (χ1) is 11.9. The molecule has 1 atom stereocenters. The third kappa shape index (κ3) is 2.52. The fourth-order valence-electron chi connectivity index (χ4n) is 3.52. The van der Waals surface area contributed by atoms with Gasteiger partial charge in [-0.2, -0.15) is 0 Å². The Balaban J connectivity index is 1.72. The van der Waals surface area contributed by atoms with Crippen molar-refractivity contribution in [2.75, 3.05) is 19.0 Å². The zero-order valence-corrected chi connectivity index (χ0v) is 14.1. The maximum atomic E-state index is 12.7.